The first-order chi connectivity index (χ1) is 14.2. The quantitative estimate of drug-likeness (QED) is 0.698. The van der Waals surface area contributed by atoms with Crippen molar-refractivity contribution in [3.05, 3.63) is 63.9 Å². The maximum atomic E-state index is 13.2. The number of amides is 1. The monoisotopic (exact) mass is 434 g/mol. The van der Waals surface area contributed by atoms with Crippen LogP contribution in [-0.4, -0.2) is 47.8 Å². The minimum atomic E-state index is -1.03. The molecule has 1 amide bonds. The molecule has 0 saturated carbocycles. The lowest BCUT2D eigenvalue weighted by Crippen LogP contribution is -2.53. The zero-order chi connectivity index (χ0) is 21.7. The van der Waals surface area contributed by atoms with Gasteiger partial charge in [-0.15, -0.1) is 0 Å². The van der Waals surface area contributed by atoms with Crippen LogP contribution in [-0.2, 0) is 11.3 Å². The number of nitrogens with one attached hydrogen (secondary N) is 1. The number of aryl methyl sites for hydroxylation is 2. The van der Waals surface area contributed by atoms with Gasteiger partial charge in [0, 0.05) is 18.1 Å². The minimum absolute atomic E-state index is 0.148. The number of hydrogen-bond donors (Lipinski definition) is 2. The molecular weight excluding hydrogens is 407 g/mol. The number of ether oxygens (including phenoxy) is 1. The lowest BCUT2D eigenvalue weighted by Gasteiger charge is -2.38. The first kappa shape index (κ1) is 22.5. The van der Waals surface area contributed by atoms with Crippen molar-refractivity contribution in [2.75, 3.05) is 26.2 Å². The number of benzene rings is 2. The molecule has 162 valence electrons. The molecule has 2 aromatic rings. The highest BCUT2D eigenvalue weighted by atomic mass is 35.5. The van der Waals surface area contributed by atoms with E-state index in [1.165, 1.54) is 12.1 Å². The molecule has 30 heavy (non-hydrogen) atoms. The first-order valence-electron chi connectivity index (χ1n) is 10.1. The van der Waals surface area contributed by atoms with E-state index in [0.29, 0.717) is 29.3 Å². The normalized spacial score (nSPS) is 19.5. The van der Waals surface area contributed by atoms with Crippen LogP contribution in [0.4, 0.5) is 4.39 Å². The number of carbonyl (C=O) groups excluding carboxylic acids is 1. The molecule has 1 aliphatic rings. The van der Waals surface area contributed by atoms with Crippen LogP contribution in [0.15, 0.2) is 36.4 Å². The summed E-state index contributed by atoms with van der Waals surface area (Å²) in [5.74, 6) is 0.190. The smallest absolute Gasteiger partial charge is 0.234 e. The Bertz CT molecular complexity index is 885. The molecule has 1 atom stereocenters. The van der Waals surface area contributed by atoms with E-state index in [1.54, 1.807) is 12.1 Å². The van der Waals surface area contributed by atoms with Crippen molar-refractivity contribution in [2.45, 2.75) is 38.8 Å². The van der Waals surface area contributed by atoms with Gasteiger partial charge >= 0.3 is 0 Å². The van der Waals surface area contributed by atoms with E-state index in [1.807, 2.05) is 30.9 Å². The Hall–Kier alpha value is -2.15. The van der Waals surface area contributed by atoms with E-state index in [-0.39, 0.29) is 31.4 Å². The van der Waals surface area contributed by atoms with Gasteiger partial charge in [-0.25, -0.2) is 4.39 Å². The number of likely N-dealkylation sites (tertiary alicyclic amines) is 1. The Morgan fingerprint density at radius 3 is 2.73 bits per heavy atom. The fourth-order valence-corrected chi connectivity index (χ4v) is 3.88. The molecule has 3 rings (SSSR count). The number of β-amino-alcohol motifs (C(OH)–C–C–N with tert-alkyl or cyclic N) is 1. The van der Waals surface area contributed by atoms with E-state index >= 15 is 0 Å². The van der Waals surface area contributed by atoms with E-state index in [4.69, 9.17) is 16.3 Å². The summed E-state index contributed by atoms with van der Waals surface area (Å²) in [4.78, 5) is 14.2. The molecule has 2 N–H and O–H groups in total. The summed E-state index contributed by atoms with van der Waals surface area (Å²) >= 11 is 6.20. The number of hydrogen-bond acceptors (Lipinski definition) is 4. The van der Waals surface area contributed by atoms with Gasteiger partial charge in [-0.05, 0) is 74.2 Å². The maximum absolute atomic E-state index is 13.2. The second kappa shape index (κ2) is 9.77. The van der Waals surface area contributed by atoms with Crippen molar-refractivity contribution in [1.29, 1.82) is 0 Å². The topological polar surface area (TPSA) is 61.8 Å². The average Bonchev–Trinajstić information content (AvgIpc) is 2.69. The molecule has 1 heterocycles. The summed E-state index contributed by atoms with van der Waals surface area (Å²) in [6.45, 7) is 5.52. The van der Waals surface area contributed by atoms with Crippen LogP contribution in [0.2, 0.25) is 5.02 Å². The maximum Gasteiger partial charge on any atom is 0.234 e. The minimum Gasteiger partial charge on any atom is -0.491 e. The highest BCUT2D eigenvalue weighted by Crippen LogP contribution is 2.28. The number of nitrogens with zero attached hydrogens (tertiary/aromatic N) is 1. The molecule has 0 bridgehead atoms. The van der Waals surface area contributed by atoms with E-state index in [0.717, 1.165) is 24.1 Å². The molecule has 0 aromatic heterocycles. The molecule has 0 spiro atoms. The van der Waals surface area contributed by atoms with Gasteiger partial charge in [0.1, 0.15) is 23.8 Å². The van der Waals surface area contributed by atoms with Crippen molar-refractivity contribution in [1.82, 2.24) is 10.2 Å². The van der Waals surface area contributed by atoms with E-state index in [2.05, 4.69) is 5.32 Å². The molecule has 0 radical (unpaired) electrons. The van der Waals surface area contributed by atoms with Crippen LogP contribution >= 0.6 is 11.6 Å². The largest absolute Gasteiger partial charge is 0.491 e. The summed E-state index contributed by atoms with van der Waals surface area (Å²) < 4.78 is 19.1. The third-order valence-corrected chi connectivity index (χ3v) is 5.89. The lowest BCUT2D eigenvalue weighted by atomic mass is 9.93. The van der Waals surface area contributed by atoms with Gasteiger partial charge in [-0.3, -0.25) is 9.69 Å². The average molecular weight is 435 g/mol. The highest BCUT2D eigenvalue weighted by Gasteiger charge is 2.34. The second-order valence-electron chi connectivity index (χ2n) is 8.10. The third-order valence-electron chi connectivity index (χ3n) is 5.30. The molecule has 0 aliphatic carbocycles. The molecule has 1 unspecified atom stereocenters. The molecule has 2 aromatic carbocycles. The number of aliphatic hydroxyl groups is 1. The molecule has 7 heteroatoms. The number of carbonyl (C=O) groups is 1. The number of halogens is 2. The second-order valence-corrected chi connectivity index (χ2v) is 8.48. The molecule has 1 aliphatic heterocycles. The fourth-order valence-electron chi connectivity index (χ4n) is 3.77. The number of rotatable bonds is 7. The Kier molecular flexibility index (Phi) is 7.34. The molecular formula is C23H28ClFN2O3. The Balaban J connectivity index is 1.50. The zero-order valence-electron chi connectivity index (χ0n) is 17.4. The predicted molar refractivity (Wildman–Crippen MR) is 115 cm³/mol. The van der Waals surface area contributed by atoms with Crippen LogP contribution < -0.4 is 10.1 Å². The van der Waals surface area contributed by atoms with Crippen LogP contribution in [0.3, 0.4) is 0 Å². The van der Waals surface area contributed by atoms with Crippen molar-refractivity contribution in [3.8, 4) is 5.75 Å². The first-order valence-corrected chi connectivity index (χ1v) is 10.5. The van der Waals surface area contributed by atoms with Gasteiger partial charge in [0.15, 0.2) is 0 Å². The summed E-state index contributed by atoms with van der Waals surface area (Å²) in [6.07, 6.45) is 1.38. The van der Waals surface area contributed by atoms with Gasteiger partial charge in [0.2, 0.25) is 5.91 Å². The van der Waals surface area contributed by atoms with Crippen LogP contribution in [0.25, 0.3) is 0 Å². The molecule has 1 fully saturated rings. The van der Waals surface area contributed by atoms with Gasteiger partial charge in [-0.1, -0.05) is 23.7 Å². The summed E-state index contributed by atoms with van der Waals surface area (Å²) in [5, 5.41) is 14.5. The zero-order valence-corrected chi connectivity index (χ0v) is 18.1. The Morgan fingerprint density at radius 1 is 1.30 bits per heavy atom. The van der Waals surface area contributed by atoms with Gasteiger partial charge in [0.25, 0.3) is 0 Å². The van der Waals surface area contributed by atoms with E-state index in [9.17, 15) is 14.3 Å². The molecule has 1 saturated heterocycles. The Labute approximate surface area is 181 Å². The van der Waals surface area contributed by atoms with Gasteiger partial charge in [0.05, 0.1) is 6.54 Å². The lowest BCUT2D eigenvalue weighted by molar-refractivity contribution is -0.124. The summed E-state index contributed by atoms with van der Waals surface area (Å²) in [7, 11) is 0. The Morgan fingerprint density at radius 2 is 2.03 bits per heavy atom. The summed E-state index contributed by atoms with van der Waals surface area (Å²) in [5.41, 5.74) is 1.54. The van der Waals surface area contributed by atoms with Crippen LogP contribution in [0, 0.1) is 19.7 Å². The fraction of sp³-hybridized carbons (Fsp3) is 0.435. The number of piperidine rings is 1. The highest BCUT2D eigenvalue weighted by molar-refractivity contribution is 6.32. The van der Waals surface area contributed by atoms with Crippen molar-refractivity contribution < 1.29 is 19.0 Å². The summed E-state index contributed by atoms with van der Waals surface area (Å²) in [6, 6.07) is 9.87. The van der Waals surface area contributed by atoms with Crippen molar-refractivity contribution in [3.63, 3.8) is 0 Å². The molecule has 5 nitrogen and oxygen atoms in total. The standard InChI is InChI=1S/C23H28ClFN2O3/c1-16-9-20(10-17(2)22(16)24)30-15-23(29)7-4-8-27(14-23)13-21(28)26-12-18-5-3-6-19(25)11-18/h3,5-6,9-11,29H,4,7-8,12-15H2,1-2H3,(H,26,28). The van der Waals surface area contributed by atoms with Crippen LogP contribution in [0.5, 0.6) is 5.75 Å². The third kappa shape index (κ3) is 6.17. The van der Waals surface area contributed by atoms with Crippen molar-refractivity contribution >= 4 is 17.5 Å². The van der Waals surface area contributed by atoms with Crippen LogP contribution in [0.1, 0.15) is 29.5 Å². The predicted octanol–water partition coefficient (Wildman–Crippen LogP) is 3.62. The van der Waals surface area contributed by atoms with E-state index < -0.39 is 5.60 Å². The SMILES string of the molecule is Cc1cc(OCC2(O)CCCN(CC(=O)NCc3cccc(F)c3)C2)cc(C)c1Cl. The van der Waals surface area contributed by atoms with Crippen molar-refractivity contribution in [2.24, 2.45) is 0 Å². The van der Waals surface area contributed by atoms with Gasteiger partial charge in [-0.2, -0.15) is 0 Å². The van der Waals surface area contributed by atoms with Gasteiger partial charge < -0.3 is 15.2 Å².